The Hall–Kier alpha value is -2.36. The van der Waals surface area contributed by atoms with Gasteiger partial charge in [0.25, 0.3) is 0 Å². The van der Waals surface area contributed by atoms with Crippen molar-refractivity contribution >= 4 is 12.1 Å². The predicted octanol–water partition coefficient (Wildman–Crippen LogP) is 0.575. The minimum absolute atomic E-state index is 0.129. The number of likely N-dealkylation sites (N-methyl/N-ethyl adjacent to an activating group) is 1. The Morgan fingerprint density at radius 3 is 2.71 bits per heavy atom. The molecule has 3 heterocycles. The van der Waals surface area contributed by atoms with Crippen molar-refractivity contribution < 1.29 is 14.3 Å². The van der Waals surface area contributed by atoms with Crippen LogP contribution >= 0.6 is 0 Å². The SMILES string of the molecule is CN1CCN(C(=O)NCc2nnc3n2CCC3)[C@H](CNC(=O)OC(C)(C)C)C1. The van der Waals surface area contributed by atoms with E-state index < -0.39 is 11.7 Å². The van der Waals surface area contributed by atoms with Crippen molar-refractivity contribution in [2.75, 3.05) is 33.2 Å². The first kappa shape index (κ1) is 20.4. The number of alkyl carbamates (subject to hydrolysis) is 1. The van der Waals surface area contributed by atoms with E-state index in [4.69, 9.17) is 4.74 Å². The van der Waals surface area contributed by atoms with Crippen LogP contribution in [0.4, 0.5) is 9.59 Å². The zero-order valence-electron chi connectivity index (χ0n) is 17.2. The summed E-state index contributed by atoms with van der Waals surface area (Å²) in [6.07, 6.45) is 1.54. The molecule has 2 aliphatic heterocycles. The van der Waals surface area contributed by atoms with Gasteiger partial charge in [-0.1, -0.05) is 0 Å². The first-order chi connectivity index (χ1) is 13.2. The van der Waals surface area contributed by atoms with Crippen LogP contribution in [0.2, 0.25) is 0 Å². The third-order valence-corrected chi connectivity index (χ3v) is 4.91. The van der Waals surface area contributed by atoms with Crippen molar-refractivity contribution in [3.05, 3.63) is 11.6 Å². The fourth-order valence-corrected chi connectivity index (χ4v) is 3.57. The van der Waals surface area contributed by atoms with Crippen molar-refractivity contribution in [1.82, 2.24) is 35.2 Å². The second kappa shape index (κ2) is 8.34. The Bertz CT molecular complexity index is 713. The Kier molecular flexibility index (Phi) is 6.07. The number of hydrogen-bond donors (Lipinski definition) is 2. The van der Waals surface area contributed by atoms with Crippen LogP contribution in [-0.2, 0) is 24.2 Å². The highest BCUT2D eigenvalue weighted by Crippen LogP contribution is 2.14. The van der Waals surface area contributed by atoms with Crippen LogP contribution in [0.3, 0.4) is 0 Å². The van der Waals surface area contributed by atoms with Gasteiger partial charge in [0.1, 0.15) is 11.4 Å². The number of carbonyl (C=O) groups excluding carboxylic acids is 2. The normalized spacial score (nSPS) is 20.0. The number of amides is 3. The molecule has 156 valence electrons. The first-order valence-electron chi connectivity index (χ1n) is 9.84. The second-order valence-electron chi connectivity index (χ2n) is 8.44. The summed E-state index contributed by atoms with van der Waals surface area (Å²) in [5.74, 6) is 1.78. The summed E-state index contributed by atoms with van der Waals surface area (Å²) in [6.45, 7) is 9.13. The van der Waals surface area contributed by atoms with E-state index in [9.17, 15) is 9.59 Å². The maximum atomic E-state index is 12.8. The van der Waals surface area contributed by atoms with Crippen LogP contribution in [0.15, 0.2) is 0 Å². The first-order valence-corrected chi connectivity index (χ1v) is 9.84. The highest BCUT2D eigenvalue weighted by atomic mass is 16.6. The number of aromatic nitrogens is 3. The van der Waals surface area contributed by atoms with E-state index in [0.29, 0.717) is 26.2 Å². The van der Waals surface area contributed by atoms with Crippen molar-refractivity contribution in [3.8, 4) is 0 Å². The van der Waals surface area contributed by atoms with Gasteiger partial charge in [0.15, 0.2) is 5.82 Å². The number of nitrogens with one attached hydrogen (secondary N) is 2. The van der Waals surface area contributed by atoms with Gasteiger partial charge in [-0.25, -0.2) is 9.59 Å². The number of aryl methyl sites for hydroxylation is 1. The average Bonchev–Trinajstić information content (AvgIpc) is 3.20. The molecule has 0 saturated carbocycles. The summed E-state index contributed by atoms with van der Waals surface area (Å²) in [6, 6.07) is -0.283. The molecule has 0 spiro atoms. The van der Waals surface area contributed by atoms with Crippen molar-refractivity contribution in [2.45, 2.75) is 58.3 Å². The molecule has 1 aromatic heterocycles. The van der Waals surface area contributed by atoms with E-state index >= 15 is 0 Å². The monoisotopic (exact) mass is 393 g/mol. The van der Waals surface area contributed by atoms with E-state index in [1.54, 1.807) is 4.90 Å². The number of carbonyl (C=O) groups is 2. The maximum Gasteiger partial charge on any atom is 0.407 e. The molecule has 0 aliphatic carbocycles. The summed E-state index contributed by atoms with van der Waals surface area (Å²) >= 11 is 0. The summed E-state index contributed by atoms with van der Waals surface area (Å²) in [4.78, 5) is 28.7. The van der Waals surface area contributed by atoms with Gasteiger partial charge < -0.3 is 29.7 Å². The lowest BCUT2D eigenvalue weighted by Gasteiger charge is -2.40. The standard InChI is InChI=1S/C18H31N7O3/c1-18(2,3)28-17(27)20-10-13-12-23(4)8-9-24(13)16(26)19-11-15-22-21-14-6-5-7-25(14)15/h13H,5-12H2,1-4H3,(H,19,26)(H,20,27)/t13-/m1/s1. The Morgan fingerprint density at radius 2 is 1.96 bits per heavy atom. The fraction of sp³-hybridized carbons (Fsp3) is 0.778. The maximum absolute atomic E-state index is 12.8. The van der Waals surface area contributed by atoms with Crippen LogP contribution in [0.25, 0.3) is 0 Å². The van der Waals surface area contributed by atoms with Crippen molar-refractivity contribution in [2.24, 2.45) is 0 Å². The van der Waals surface area contributed by atoms with Crippen LogP contribution in [0.1, 0.15) is 38.8 Å². The number of rotatable bonds is 4. The summed E-state index contributed by atoms with van der Waals surface area (Å²) in [5.41, 5.74) is -0.553. The molecule has 1 atom stereocenters. The van der Waals surface area contributed by atoms with Crippen molar-refractivity contribution in [3.63, 3.8) is 0 Å². The molecular formula is C18H31N7O3. The van der Waals surface area contributed by atoms with E-state index in [2.05, 4.69) is 30.3 Å². The summed E-state index contributed by atoms with van der Waals surface area (Å²) in [7, 11) is 2.01. The Labute approximate surface area is 165 Å². The third kappa shape index (κ3) is 5.12. The zero-order valence-corrected chi connectivity index (χ0v) is 17.2. The lowest BCUT2D eigenvalue weighted by molar-refractivity contribution is 0.0486. The van der Waals surface area contributed by atoms with Gasteiger partial charge in [0.05, 0.1) is 12.6 Å². The molecule has 1 fully saturated rings. The Balaban J connectivity index is 1.54. The largest absolute Gasteiger partial charge is 0.444 e. The molecule has 0 bridgehead atoms. The summed E-state index contributed by atoms with van der Waals surface area (Å²) in [5, 5.41) is 14.1. The molecule has 28 heavy (non-hydrogen) atoms. The van der Waals surface area contributed by atoms with Crippen LogP contribution < -0.4 is 10.6 Å². The van der Waals surface area contributed by atoms with E-state index in [1.165, 1.54) is 0 Å². The van der Waals surface area contributed by atoms with Gasteiger partial charge >= 0.3 is 12.1 Å². The van der Waals surface area contributed by atoms with Gasteiger partial charge in [-0.3, -0.25) is 0 Å². The molecule has 0 unspecified atom stereocenters. The van der Waals surface area contributed by atoms with Crippen LogP contribution in [-0.4, -0.2) is 81.6 Å². The minimum atomic E-state index is -0.553. The molecule has 2 N–H and O–H groups in total. The van der Waals surface area contributed by atoms with E-state index in [1.807, 2.05) is 27.8 Å². The van der Waals surface area contributed by atoms with Gasteiger partial charge in [-0.05, 0) is 34.2 Å². The quantitative estimate of drug-likeness (QED) is 0.775. The second-order valence-corrected chi connectivity index (χ2v) is 8.44. The highest BCUT2D eigenvalue weighted by molar-refractivity contribution is 5.75. The lowest BCUT2D eigenvalue weighted by atomic mass is 10.2. The number of hydrogen-bond acceptors (Lipinski definition) is 6. The van der Waals surface area contributed by atoms with E-state index in [0.717, 1.165) is 37.6 Å². The molecule has 1 aromatic rings. The highest BCUT2D eigenvalue weighted by Gasteiger charge is 2.30. The third-order valence-electron chi connectivity index (χ3n) is 4.91. The number of piperazine rings is 1. The van der Waals surface area contributed by atoms with Crippen molar-refractivity contribution in [1.29, 1.82) is 0 Å². The molecule has 2 aliphatic rings. The fourth-order valence-electron chi connectivity index (χ4n) is 3.57. The van der Waals surface area contributed by atoms with Gasteiger partial charge in [-0.2, -0.15) is 0 Å². The van der Waals surface area contributed by atoms with Gasteiger partial charge in [0.2, 0.25) is 0 Å². The molecule has 10 nitrogen and oxygen atoms in total. The lowest BCUT2D eigenvalue weighted by Crippen LogP contribution is -2.60. The number of nitrogens with zero attached hydrogens (tertiary/aromatic N) is 5. The number of urea groups is 1. The van der Waals surface area contributed by atoms with E-state index in [-0.39, 0.29) is 12.1 Å². The zero-order chi connectivity index (χ0) is 20.3. The average molecular weight is 393 g/mol. The molecule has 0 radical (unpaired) electrons. The molecule has 3 amide bonds. The topological polar surface area (TPSA) is 105 Å². The van der Waals surface area contributed by atoms with Gasteiger partial charge in [0, 0.05) is 39.1 Å². The summed E-state index contributed by atoms with van der Waals surface area (Å²) < 4.78 is 7.36. The molecule has 10 heteroatoms. The molecule has 3 rings (SSSR count). The minimum Gasteiger partial charge on any atom is -0.444 e. The predicted molar refractivity (Wildman–Crippen MR) is 103 cm³/mol. The molecule has 0 aromatic carbocycles. The number of fused-ring (bicyclic) bond motifs is 1. The molecular weight excluding hydrogens is 362 g/mol. The van der Waals surface area contributed by atoms with Crippen LogP contribution in [0, 0.1) is 0 Å². The Morgan fingerprint density at radius 1 is 1.18 bits per heavy atom. The van der Waals surface area contributed by atoms with Gasteiger partial charge in [-0.15, -0.1) is 10.2 Å². The molecule has 1 saturated heterocycles. The number of ether oxygens (including phenoxy) is 1. The van der Waals surface area contributed by atoms with Crippen LogP contribution in [0.5, 0.6) is 0 Å². The smallest absolute Gasteiger partial charge is 0.407 e.